The Morgan fingerprint density at radius 3 is 2.87 bits per heavy atom. The van der Waals surface area contributed by atoms with Crippen molar-refractivity contribution < 1.29 is 4.74 Å². The topological polar surface area (TPSA) is 44.0 Å². The van der Waals surface area contributed by atoms with E-state index in [9.17, 15) is 0 Å². The second-order valence-electron chi connectivity index (χ2n) is 7.92. The van der Waals surface area contributed by atoms with Gasteiger partial charge in [-0.25, -0.2) is 0 Å². The highest BCUT2D eigenvalue weighted by atomic mass is 35.5. The smallest absolute Gasteiger partial charge is 0.128 e. The molecule has 30 heavy (non-hydrogen) atoms. The number of halogens is 1. The Labute approximate surface area is 181 Å². The number of ether oxygens (including phenoxy) is 1. The van der Waals surface area contributed by atoms with Crippen molar-refractivity contribution in [3.63, 3.8) is 0 Å². The summed E-state index contributed by atoms with van der Waals surface area (Å²) >= 11 is 6.11. The minimum atomic E-state index is 0.761. The number of hydrogen-bond donors (Lipinski definition) is 2. The maximum Gasteiger partial charge on any atom is 0.128 e. The van der Waals surface area contributed by atoms with Gasteiger partial charge in [-0.2, -0.15) is 0 Å². The number of aromatic nitrogens is 2. The number of nitrogens with one attached hydrogen (secondary N) is 2. The van der Waals surface area contributed by atoms with E-state index in [1.165, 1.54) is 16.5 Å². The third-order valence-corrected chi connectivity index (χ3v) is 6.20. The summed E-state index contributed by atoms with van der Waals surface area (Å²) in [7, 11) is 0. The first-order chi connectivity index (χ1) is 14.8. The number of hydrogen-bond acceptors (Lipinski definition) is 2. The number of benzene rings is 2. The minimum absolute atomic E-state index is 0.761. The van der Waals surface area contributed by atoms with Crippen molar-refractivity contribution in [2.45, 2.75) is 19.3 Å². The molecule has 0 radical (unpaired) electrons. The highest BCUT2D eigenvalue weighted by Gasteiger charge is 2.15. The van der Waals surface area contributed by atoms with E-state index < -0.39 is 0 Å². The van der Waals surface area contributed by atoms with Crippen LogP contribution in [0.3, 0.4) is 0 Å². The van der Waals surface area contributed by atoms with E-state index in [2.05, 4.69) is 45.3 Å². The van der Waals surface area contributed by atoms with E-state index in [0.29, 0.717) is 0 Å². The van der Waals surface area contributed by atoms with Crippen molar-refractivity contribution in [2.24, 2.45) is 0 Å². The van der Waals surface area contributed by atoms with Crippen molar-refractivity contribution in [3.8, 4) is 5.75 Å². The molecule has 4 aromatic rings. The van der Waals surface area contributed by atoms with Crippen LogP contribution in [0.4, 0.5) is 0 Å². The summed E-state index contributed by atoms with van der Waals surface area (Å²) in [6, 6.07) is 14.3. The molecule has 0 saturated heterocycles. The van der Waals surface area contributed by atoms with Gasteiger partial charge in [0, 0.05) is 57.9 Å². The first-order valence-corrected chi connectivity index (χ1v) is 11.0. The zero-order valence-corrected chi connectivity index (χ0v) is 17.7. The Morgan fingerprint density at radius 2 is 1.97 bits per heavy atom. The monoisotopic (exact) mass is 419 g/mol. The van der Waals surface area contributed by atoms with Crippen LogP contribution in [0.5, 0.6) is 5.75 Å². The molecule has 0 saturated carbocycles. The average Bonchev–Trinajstić information content (AvgIpc) is 3.41. The zero-order valence-electron chi connectivity index (χ0n) is 17.0. The van der Waals surface area contributed by atoms with Crippen molar-refractivity contribution >= 4 is 39.0 Å². The van der Waals surface area contributed by atoms with Gasteiger partial charge in [-0.15, -0.1) is 0 Å². The van der Waals surface area contributed by atoms with Gasteiger partial charge in [0.05, 0.1) is 6.61 Å². The number of H-pyrrole nitrogens is 2. The molecule has 1 aliphatic heterocycles. The summed E-state index contributed by atoms with van der Waals surface area (Å²) in [6.07, 6.45) is 9.76. The Morgan fingerprint density at radius 1 is 1.00 bits per heavy atom. The minimum Gasteiger partial charge on any atom is -0.493 e. The van der Waals surface area contributed by atoms with E-state index in [4.69, 9.17) is 16.3 Å². The van der Waals surface area contributed by atoms with Crippen molar-refractivity contribution in [1.29, 1.82) is 0 Å². The number of unbranched alkanes of at least 4 members (excludes halogenated alkanes) is 1. The van der Waals surface area contributed by atoms with Gasteiger partial charge in [-0.3, -0.25) is 4.90 Å². The van der Waals surface area contributed by atoms with Gasteiger partial charge in [0.15, 0.2) is 0 Å². The molecule has 0 spiro atoms. The lowest BCUT2D eigenvalue weighted by Crippen LogP contribution is -2.29. The highest BCUT2D eigenvalue weighted by Crippen LogP contribution is 2.30. The van der Waals surface area contributed by atoms with Crippen LogP contribution in [0.15, 0.2) is 60.9 Å². The number of rotatable bonds is 7. The Hall–Kier alpha value is -2.69. The fourth-order valence-corrected chi connectivity index (χ4v) is 4.50. The molecule has 0 fully saturated rings. The Bertz CT molecular complexity index is 1190. The molecule has 5 rings (SSSR count). The normalized spacial score (nSPS) is 15.0. The molecule has 1 aliphatic rings. The lowest BCUT2D eigenvalue weighted by Gasteiger charge is -2.26. The molecular weight excluding hydrogens is 394 g/mol. The van der Waals surface area contributed by atoms with Crippen LogP contribution in [0.1, 0.15) is 24.8 Å². The molecule has 2 aromatic heterocycles. The molecule has 2 aromatic carbocycles. The van der Waals surface area contributed by atoms with Crippen LogP contribution in [-0.4, -0.2) is 41.1 Å². The van der Waals surface area contributed by atoms with E-state index in [-0.39, 0.29) is 0 Å². The third kappa shape index (κ3) is 3.98. The maximum atomic E-state index is 6.11. The van der Waals surface area contributed by atoms with Gasteiger partial charge in [0.1, 0.15) is 5.75 Å². The molecule has 0 aliphatic carbocycles. The molecule has 0 amide bonds. The quantitative estimate of drug-likeness (QED) is 0.347. The van der Waals surface area contributed by atoms with E-state index in [0.717, 1.165) is 72.7 Å². The van der Waals surface area contributed by atoms with E-state index in [1.54, 1.807) is 0 Å². The largest absolute Gasteiger partial charge is 0.493 e. The molecule has 0 unspecified atom stereocenters. The van der Waals surface area contributed by atoms with Crippen LogP contribution < -0.4 is 4.74 Å². The van der Waals surface area contributed by atoms with Gasteiger partial charge >= 0.3 is 0 Å². The van der Waals surface area contributed by atoms with Crippen LogP contribution >= 0.6 is 11.6 Å². The molecular formula is C25H26ClN3O. The molecule has 154 valence electrons. The number of nitrogens with zero attached hydrogens (tertiary/aromatic N) is 1. The zero-order chi connectivity index (χ0) is 20.3. The summed E-state index contributed by atoms with van der Waals surface area (Å²) < 4.78 is 6.02. The molecule has 0 bridgehead atoms. The van der Waals surface area contributed by atoms with Crippen molar-refractivity contribution in [1.82, 2.24) is 14.9 Å². The predicted octanol–water partition coefficient (Wildman–Crippen LogP) is 6.25. The summed E-state index contributed by atoms with van der Waals surface area (Å²) in [5.41, 5.74) is 4.98. The summed E-state index contributed by atoms with van der Waals surface area (Å²) in [5, 5.41) is 3.19. The summed E-state index contributed by atoms with van der Waals surface area (Å²) in [4.78, 5) is 9.11. The van der Waals surface area contributed by atoms with Crippen LogP contribution in [-0.2, 0) is 0 Å². The van der Waals surface area contributed by atoms with Gasteiger partial charge in [0.25, 0.3) is 0 Å². The van der Waals surface area contributed by atoms with Crippen molar-refractivity contribution in [3.05, 3.63) is 71.5 Å². The van der Waals surface area contributed by atoms with Crippen LogP contribution in [0, 0.1) is 0 Å². The van der Waals surface area contributed by atoms with Crippen LogP contribution in [0.25, 0.3) is 27.4 Å². The first-order valence-electron chi connectivity index (χ1n) is 10.7. The lowest BCUT2D eigenvalue weighted by molar-refractivity contribution is 0.266. The average molecular weight is 420 g/mol. The predicted molar refractivity (Wildman–Crippen MR) is 125 cm³/mol. The van der Waals surface area contributed by atoms with Gasteiger partial charge in [-0.1, -0.05) is 29.8 Å². The molecule has 3 heterocycles. The van der Waals surface area contributed by atoms with Gasteiger partial charge in [-0.05, 0) is 61.7 Å². The lowest BCUT2D eigenvalue weighted by atomic mass is 9.99. The molecule has 2 N–H and O–H groups in total. The summed E-state index contributed by atoms with van der Waals surface area (Å²) in [6.45, 7) is 4.00. The van der Waals surface area contributed by atoms with E-state index in [1.807, 2.05) is 30.5 Å². The summed E-state index contributed by atoms with van der Waals surface area (Å²) in [5.74, 6) is 0.972. The standard InChI is InChI=1S/C25H26ClN3O/c26-19-6-7-20-22(17-28-24(20)16-19)18-9-13-29(14-10-18)12-1-2-15-30-25-5-3-4-23-21(25)8-11-27-23/h3-9,11,16-17,27-28H,1-2,10,12-15H2. The Balaban J connectivity index is 1.10. The molecule has 0 atom stereocenters. The van der Waals surface area contributed by atoms with E-state index >= 15 is 0 Å². The fraction of sp³-hybridized carbons (Fsp3) is 0.280. The maximum absolute atomic E-state index is 6.11. The molecule has 5 heteroatoms. The second-order valence-corrected chi connectivity index (χ2v) is 8.36. The molecule has 4 nitrogen and oxygen atoms in total. The second kappa shape index (κ2) is 8.58. The Kier molecular flexibility index (Phi) is 5.52. The highest BCUT2D eigenvalue weighted by molar-refractivity contribution is 6.31. The fourth-order valence-electron chi connectivity index (χ4n) is 4.33. The first kappa shape index (κ1) is 19.3. The van der Waals surface area contributed by atoms with Crippen molar-refractivity contribution in [2.75, 3.05) is 26.2 Å². The van der Waals surface area contributed by atoms with Crippen LogP contribution in [0.2, 0.25) is 5.02 Å². The number of fused-ring (bicyclic) bond motifs is 2. The van der Waals surface area contributed by atoms with Gasteiger partial charge < -0.3 is 14.7 Å². The third-order valence-electron chi connectivity index (χ3n) is 5.96. The van der Waals surface area contributed by atoms with Gasteiger partial charge in [0.2, 0.25) is 0 Å². The number of aromatic amines is 2. The SMILES string of the molecule is Clc1ccc2c(C3=CCN(CCCCOc4cccc5[nH]ccc45)CC3)c[nH]c2c1.